The van der Waals surface area contributed by atoms with Crippen LogP contribution in [0.15, 0.2) is 15.9 Å². The van der Waals surface area contributed by atoms with Gasteiger partial charge in [-0.25, -0.2) is 0 Å². The Morgan fingerprint density at radius 2 is 2.25 bits per heavy atom. The van der Waals surface area contributed by atoms with E-state index in [-0.39, 0.29) is 11.8 Å². The highest BCUT2D eigenvalue weighted by molar-refractivity contribution is 9.11. The van der Waals surface area contributed by atoms with Gasteiger partial charge in [-0.1, -0.05) is 13.8 Å². The monoisotopic (exact) mass is 358 g/mol. The highest BCUT2D eigenvalue weighted by atomic mass is 79.9. The van der Waals surface area contributed by atoms with E-state index in [9.17, 15) is 10.1 Å². The van der Waals surface area contributed by atoms with Crippen LogP contribution in [0.5, 0.6) is 0 Å². The molecular weight excluding hydrogens is 338 g/mol. The number of carbonyl (C=O) groups is 1. The number of quaternary nitrogens is 1. The first-order valence-corrected chi connectivity index (χ1v) is 8.15. The third-order valence-electron chi connectivity index (χ3n) is 3.35. The summed E-state index contributed by atoms with van der Waals surface area (Å²) in [5.41, 5.74) is -0.802. The van der Waals surface area contributed by atoms with Gasteiger partial charge >= 0.3 is 0 Å². The second-order valence-electron chi connectivity index (χ2n) is 5.53. The van der Waals surface area contributed by atoms with Crippen LogP contribution in [-0.2, 0) is 11.3 Å². The largest absolute Gasteiger partial charge is 0.333 e. The van der Waals surface area contributed by atoms with Gasteiger partial charge in [0.25, 0.3) is 5.91 Å². The maximum absolute atomic E-state index is 12.0. The number of nitriles is 1. The lowest BCUT2D eigenvalue weighted by Gasteiger charge is -2.27. The molecule has 0 aromatic carbocycles. The normalized spacial score (nSPS) is 15.4. The molecule has 2 N–H and O–H groups in total. The number of thiophene rings is 1. The quantitative estimate of drug-likeness (QED) is 0.810. The maximum atomic E-state index is 12.0. The molecule has 6 heteroatoms. The van der Waals surface area contributed by atoms with Crippen LogP contribution < -0.4 is 10.2 Å². The van der Waals surface area contributed by atoms with Crippen molar-refractivity contribution in [1.29, 1.82) is 5.26 Å². The van der Waals surface area contributed by atoms with E-state index in [4.69, 9.17) is 0 Å². The smallest absolute Gasteiger partial charge is 0.276 e. The number of rotatable bonds is 6. The summed E-state index contributed by atoms with van der Waals surface area (Å²) in [4.78, 5) is 14.4. The Balaban J connectivity index is 2.52. The molecule has 0 spiro atoms. The molecular formula is C14H21BrN3OS+. The number of amides is 1. The lowest BCUT2D eigenvalue weighted by atomic mass is 9.90. The van der Waals surface area contributed by atoms with E-state index in [1.165, 1.54) is 4.88 Å². The number of nitrogens with zero attached hydrogens (tertiary/aromatic N) is 1. The van der Waals surface area contributed by atoms with Crippen molar-refractivity contribution in [2.45, 2.75) is 32.9 Å². The lowest BCUT2D eigenvalue weighted by molar-refractivity contribution is -0.885. The Morgan fingerprint density at radius 3 is 2.70 bits per heavy atom. The molecule has 1 aromatic heterocycles. The standard InChI is InChI=1S/C14H20BrN3OS/c1-10(2)14(3,9-16)17-13(19)8-18(4)7-11-5-6-12(15)20-11/h5-6,10H,7-8H2,1-4H3,(H,17,19)/p+1/t14-/m0/s1. The predicted molar refractivity (Wildman–Crippen MR) is 84.5 cm³/mol. The number of carbonyl (C=O) groups excluding carboxylic acids is 1. The van der Waals surface area contributed by atoms with Gasteiger partial charge in [0.2, 0.25) is 0 Å². The highest BCUT2D eigenvalue weighted by Gasteiger charge is 2.30. The molecule has 0 fully saturated rings. The van der Waals surface area contributed by atoms with Gasteiger partial charge in [-0.3, -0.25) is 4.79 Å². The summed E-state index contributed by atoms with van der Waals surface area (Å²) < 4.78 is 1.10. The second kappa shape index (κ2) is 7.21. The molecule has 0 saturated carbocycles. The molecule has 0 saturated heterocycles. The van der Waals surface area contributed by atoms with Crippen LogP contribution in [0, 0.1) is 17.2 Å². The molecule has 20 heavy (non-hydrogen) atoms. The summed E-state index contributed by atoms with van der Waals surface area (Å²) in [6.45, 7) is 6.79. The number of hydrogen-bond acceptors (Lipinski definition) is 3. The zero-order valence-electron chi connectivity index (χ0n) is 12.3. The van der Waals surface area contributed by atoms with Crippen molar-refractivity contribution in [3.05, 3.63) is 20.8 Å². The molecule has 0 aliphatic heterocycles. The van der Waals surface area contributed by atoms with Crippen molar-refractivity contribution < 1.29 is 9.69 Å². The zero-order valence-corrected chi connectivity index (χ0v) is 14.7. The topological polar surface area (TPSA) is 57.3 Å². The highest BCUT2D eigenvalue weighted by Crippen LogP contribution is 2.21. The fourth-order valence-corrected chi connectivity index (χ4v) is 3.31. The number of halogens is 1. The van der Waals surface area contributed by atoms with Gasteiger partial charge in [0, 0.05) is 0 Å². The molecule has 0 aliphatic rings. The minimum Gasteiger partial charge on any atom is -0.333 e. The van der Waals surface area contributed by atoms with Crippen molar-refractivity contribution >= 4 is 33.2 Å². The van der Waals surface area contributed by atoms with E-state index in [1.54, 1.807) is 18.3 Å². The van der Waals surface area contributed by atoms with Crippen LogP contribution in [-0.4, -0.2) is 25.0 Å². The number of hydrogen-bond donors (Lipinski definition) is 2. The Bertz CT molecular complexity index is 509. The SMILES string of the molecule is CC(C)[C@](C)(C#N)NC(=O)C[NH+](C)Cc1ccc(Br)s1. The Morgan fingerprint density at radius 1 is 1.60 bits per heavy atom. The minimum absolute atomic E-state index is 0.0741. The van der Waals surface area contributed by atoms with Gasteiger partial charge in [0.15, 0.2) is 6.54 Å². The summed E-state index contributed by atoms with van der Waals surface area (Å²) in [5.74, 6) is -0.0131. The zero-order chi connectivity index (χ0) is 15.3. The van der Waals surface area contributed by atoms with Crippen LogP contribution in [0.1, 0.15) is 25.6 Å². The molecule has 0 bridgehead atoms. The molecule has 4 nitrogen and oxygen atoms in total. The third kappa shape index (κ3) is 4.89. The summed E-state index contributed by atoms with van der Waals surface area (Å²) in [6.07, 6.45) is 0. The van der Waals surface area contributed by atoms with Crippen molar-refractivity contribution in [1.82, 2.24) is 5.32 Å². The molecule has 0 radical (unpaired) electrons. The van der Waals surface area contributed by atoms with Gasteiger partial charge in [0.05, 0.1) is 21.8 Å². The molecule has 2 atom stereocenters. The molecule has 1 unspecified atom stereocenters. The van der Waals surface area contributed by atoms with E-state index in [0.29, 0.717) is 6.54 Å². The van der Waals surface area contributed by atoms with Gasteiger partial charge in [0.1, 0.15) is 12.1 Å². The van der Waals surface area contributed by atoms with Crippen LogP contribution in [0.25, 0.3) is 0 Å². The van der Waals surface area contributed by atoms with E-state index >= 15 is 0 Å². The Labute approximate surface area is 132 Å². The average Bonchev–Trinajstić information content (AvgIpc) is 2.73. The fraction of sp³-hybridized carbons (Fsp3) is 0.571. The van der Waals surface area contributed by atoms with Crippen molar-refractivity contribution in [2.24, 2.45) is 5.92 Å². The van der Waals surface area contributed by atoms with Crippen molar-refractivity contribution in [3.8, 4) is 6.07 Å². The van der Waals surface area contributed by atoms with Gasteiger partial charge in [-0.2, -0.15) is 5.26 Å². The van der Waals surface area contributed by atoms with Gasteiger partial charge < -0.3 is 10.2 Å². The minimum atomic E-state index is -0.802. The number of likely N-dealkylation sites (N-methyl/N-ethyl adjacent to an activating group) is 1. The molecule has 1 amide bonds. The van der Waals surface area contributed by atoms with E-state index in [0.717, 1.165) is 15.2 Å². The molecule has 0 aliphatic carbocycles. The third-order valence-corrected chi connectivity index (χ3v) is 4.98. The predicted octanol–water partition coefficient (Wildman–Crippen LogP) is 1.58. The van der Waals surface area contributed by atoms with Crippen LogP contribution in [0.2, 0.25) is 0 Å². The summed E-state index contributed by atoms with van der Waals surface area (Å²) in [6, 6.07) is 6.26. The van der Waals surface area contributed by atoms with E-state index in [1.807, 2.05) is 27.0 Å². The van der Waals surface area contributed by atoms with Gasteiger partial charge in [-0.15, -0.1) is 11.3 Å². The summed E-state index contributed by atoms with van der Waals surface area (Å²) in [5, 5.41) is 12.0. The van der Waals surface area contributed by atoms with Crippen LogP contribution in [0.3, 0.4) is 0 Å². The van der Waals surface area contributed by atoms with E-state index < -0.39 is 5.54 Å². The molecule has 1 rings (SSSR count). The number of nitrogens with one attached hydrogen (secondary N) is 2. The first kappa shape index (κ1) is 17.2. The maximum Gasteiger partial charge on any atom is 0.276 e. The average molecular weight is 359 g/mol. The first-order chi connectivity index (χ1) is 9.26. The van der Waals surface area contributed by atoms with Crippen molar-refractivity contribution in [2.75, 3.05) is 13.6 Å². The summed E-state index contributed by atoms with van der Waals surface area (Å²) in [7, 11) is 1.98. The van der Waals surface area contributed by atoms with Crippen LogP contribution in [0.4, 0.5) is 0 Å². The second-order valence-corrected chi connectivity index (χ2v) is 8.08. The van der Waals surface area contributed by atoms with E-state index in [2.05, 4.69) is 33.4 Å². The molecule has 110 valence electrons. The Kier molecular flexibility index (Phi) is 6.18. The first-order valence-electron chi connectivity index (χ1n) is 6.54. The fourth-order valence-electron chi connectivity index (χ4n) is 1.72. The molecule has 1 heterocycles. The van der Waals surface area contributed by atoms with Gasteiger partial charge in [-0.05, 0) is 40.9 Å². The van der Waals surface area contributed by atoms with Crippen molar-refractivity contribution in [3.63, 3.8) is 0 Å². The Hall–Kier alpha value is -0.900. The lowest BCUT2D eigenvalue weighted by Crippen LogP contribution is -3.09. The summed E-state index contributed by atoms with van der Waals surface area (Å²) >= 11 is 5.11. The molecule has 1 aromatic rings. The van der Waals surface area contributed by atoms with Crippen LogP contribution >= 0.6 is 27.3 Å².